The highest BCUT2D eigenvalue weighted by Gasteiger charge is 1.96. The van der Waals surface area contributed by atoms with E-state index < -0.39 is 0 Å². The van der Waals surface area contributed by atoms with Crippen LogP contribution in [0, 0.1) is 0 Å². The van der Waals surface area contributed by atoms with Gasteiger partial charge in [0.15, 0.2) is 0 Å². The Bertz CT molecular complexity index is 294. The van der Waals surface area contributed by atoms with Crippen molar-refractivity contribution >= 4 is 22.0 Å². The molecule has 0 fully saturated rings. The van der Waals surface area contributed by atoms with Gasteiger partial charge in [-0.05, 0) is 19.4 Å². The van der Waals surface area contributed by atoms with E-state index in [2.05, 4.69) is 34.1 Å². The number of alkyl halides is 1. The van der Waals surface area contributed by atoms with Gasteiger partial charge >= 0.3 is 0 Å². The maximum absolute atomic E-state index is 5.50. The molecule has 2 heteroatoms. The molecular formula is C12H15BrO. The van der Waals surface area contributed by atoms with E-state index in [9.17, 15) is 0 Å². The van der Waals surface area contributed by atoms with Crippen LogP contribution >= 0.6 is 15.9 Å². The number of benzene rings is 1. The Kier molecular flexibility index (Phi) is 5.38. The lowest BCUT2D eigenvalue weighted by molar-refractivity contribution is 0.339. The van der Waals surface area contributed by atoms with Crippen molar-refractivity contribution in [1.29, 1.82) is 0 Å². The number of hydrogen-bond acceptors (Lipinski definition) is 1. The van der Waals surface area contributed by atoms with E-state index in [1.165, 1.54) is 0 Å². The zero-order valence-electron chi connectivity index (χ0n) is 8.37. The van der Waals surface area contributed by atoms with Crippen molar-refractivity contribution in [1.82, 2.24) is 0 Å². The van der Waals surface area contributed by atoms with E-state index in [1.54, 1.807) is 0 Å². The van der Waals surface area contributed by atoms with E-state index in [1.807, 2.05) is 25.1 Å². The van der Waals surface area contributed by atoms with Crippen molar-refractivity contribution in [2.75, 3.05) is 11.9 Å². The molecule has 1 nitrogen and oxygen atoms in total. The molecule has 0 unspecified atom stereocenters. The monoisotopic (exact) mass is 254 g/mol. The van der Waals surface area contributed by atoms with Crippen LogP contribution in [0.25, 0.3) is 6.08 Å². The third-order valence-electron chi connectivity index (χ3n) is 1.79. The second-order valence-corrected chi connectivity index (χ2v) is 3.64. The van der Waals surface area contributed by atoms with Crippen LogP contribution in [-0.2, 0) is 0 Å². The molecule has 0 saturated carbocycles. The Morgan fingerprint density at radius 3 is 2.86 bits per heavy atom. The van der Waals surface area contributed by atoms with Crippen molar-refractivity contribution in [3.05, 3.63) is 35.9 Å². The molecule has 0 heterocycles. The fourth-order valence-electron chi connectivity index (χ4n) is 1.18. The lowest BCUT2D eigenvalue weighted by Gasteiger charge is -2.05. The Labute approximate surface area is 93.9 Å². The predicted octanol–water partition coefficient (Wildman–Crippen LogP) is 3.88. The van der Waals surface area contributed by atoms with E-state index in [4.69, 9.17) is 4.74 Å². The summed E-state index contributed by atoms with van der Waals surface area (Å²) in [7, 11) is 0. The highest BCUT2D eigenvalue weighted by Crippen LogP contribution is 2.19. The van der Waals surface area contributed by atoms with Crippen molar-refractivity contribution in [2.24, 2.45) is 0 Å². The summed E-state index contributed by atoms with van der Waals surface area (Å²) < 4.78 is 5.50. The number of ether oxygens (including phenoxy) is 1. The molecule has 0 saturated heterocycles. The third-order valence-corrected chi connectivity index (χ3v) is 2.25. The minimum absolute atomic E-state index is 0.712. The number of allylic oxidation sites excluding steroid dienone is 1. The molecule has 0 aromatic heterocycles. The molecule has 0 aliphatic rings. The van der Waals surface area contributed by atoms with Gasteiger partial charge in [-0.3, -0.25) is 0 Å². The van der Waals surface area contributed by atoms with Gasteiger partial charge in [0.1, 0.15) is 5.75 Å². The first-order valence-corrected chi connectivity index (χ1v) is 5.95. The molecular weight excluding hydrogens is 240 g/mol. The predicted molar refractivity (Wildman–Crippen MR) is 65.1 cm³/mol. The Hall–Kier alpha value is -0.760. The first kappa shape index (κ1) is 11.3. The summed E-state index contributed by atoms with van der Waals surface area (Å²) >= 11 is 3.39. The molecule has 0 aliphatic carbocycles. The average Bonchev–Trinajstić information content (AvgIpc) is 2.21. The molecule has 1 rings (SSSR count). The van der Waals surface area contributed by atoms with Crippen LogP contribution in [-0.4, -0.2) is 11.9 Å². The summed E-state index contributed by atoms with van der Waals surface area (Å²) in [6.45, 7) is 2.71. The second-order valence-electron chi connectivity index (χ2n) is 2.85. The number of rotatable bonds is 5. The quantitative estimate of drug-likeness (QED) is 0.725. The van der Waals surface area contributed by atoms with Gasteiger partial charge in [0.2, 0.25) is 0 Å². The zero-order valence-corrected chi connectivity index (χ0v) is 9.96. The Morgan fingerprint density at radius 1 is 1.36 bits per heavy atom. The molecule has 0 radical (unpaired) electrons. The van der Waals surface area contributed by atoms with Gasteiger partial charge in [-0.1, -0.05) is 46.3 Å². The summed E-state index contributed by atoms with van der Waals surface area (Å²) in [6.07, 6.45) is 5.29. The summed E-state index contributed by atoms with van der Waals surface area (Å²) in [4.78, 5) is 0. The third kappa shape index (κ3) is 3.54. The molecule has 0 aliphatic heterocycles. The Balaban J connectivity index is 2.73. The summed E-state index contributed by atoms with van der Waals surface area (Å²) in [5, 5.41) is 1.00. The van der Waals surface area contributed by atoms with Gasteiger partial charge in [0, 0.05) is 10.9 Å². The Morgan fingerprint density at radius 2 is 2.14 bits per heavy atom. The van der Waals surface area contributed by atoms with Gasteiger partial charge in [-0.2, -0.15) is 0 Å². The minimum Gasteiger partial charge on any atom is -0.493 e. The van der Waals surface area contributed by atoms with Crippen LogP contribution in [0.15, 0.2) is 30.3 Å². The minimum atomic E-state index is 0.712. The molecule has 0 spiro atoms. The van der Waals surface area contributed by atoms with Crippen LogP contribution in [0.3, 0.4) is 0 Å². The number of halogens is 1. The smallest absolute Gasteiger partial charge is 0.126 e. The van der Waals surface area contributed by atoms with Crippen LogP contribution in [0.4, 0.5) is 0 Å². The highest BCUT2D eigenvalue weighted by molar-refractivity contribution is 9.09. The van der Waals surface area contributed by atoms with Gasteiger partial charge in [0.25, 0.3) is 0 Å². The van der Waals surface area contributed by atoms with Crippen LogP contribution in [0.5, 0.6) is 5.75 Å². The average molecular weight is 255 g/mol. The van der Waals surface area contributed by atoms with Gasteiger partial charge in [-0.25, -0.2) is 0 Å². The first-order valence-electron chi connectivity index (χ1n) is 4.82. The second kappa shape index (κ2) is 6.66. The maximum atomic E-state index is 5.50. The van der Waals surface area contributed by atoms with Gasteiger partial charge in [0.05, 0.1) is 6.61 Å². The zero-order chi connectivity index (χ0) is 10.2. The molecule has 0 N–H and O–H groups in total. The number of hydrogen-bond donors (Lipinski definition) is 0. The molecule has 0 atom stereocenters. The summed E-state index contributed by atoms with van der Waals surface area (Å²) in [5.41, 5.74) is 1.15. The van der Waals surface area contributed by atoms with Crippen molar-refractivity contribution in [2.45, 2.75) is 13.3 Å². The molecule has 76 valence electrons. The van der Waals surface area contributed by atoms with Crippen molar-refractivity contribution < 1.29 is 4.74 Å². The van der Waals surface area contributed by atoms with E-state index in [0.29, 0.717) is 6.61 Å². The van der Waals surface area contributed by atoms with E-state index in [0.717, 1.165) is 23.1 Å². The summed E-state index contributed by atoms with van der Waals surface area (Å²) in [5.74, 6) is 0.959. The van der Waals surface area contributed by atoms with E-state index >= 15 is 0 Å². The van der Waals surface area contributed by atoms with Crippen LogP contribution < -0.4 is 4.74 Å². The molecule has 1 aromatic carbocycles. The number of para-hydroxylation sites is 1. The molecule has 1 aromatic rings. The normalized spacial score (nSPS) is 10.7. The summed E-state index contributed by atoms with van der Waals surface area (Å²) in [6, 6.07) is 8.08. The van der Waals surface area contributed by atoms with Crippen LogP contribution in [0.1, 0.15) is 18.9 Å². The SMILES string of the molecule is CCOc1ccccc1C=CCCBr. The highest BCUT2D eigenvalue weighted by atomic mass is 79.9. The van der Waals surface area contributed by atoms with Crippen LogP contribution in [0.2, 0.25) is 0 Å². The van der Waals surface area contributed by atoms with Crippen molar-refractivity contribution in [3.8, 4) is 5.75 Å². The van der Waals surface area contributed by atoms with Gasteiger partial charge in [-0.15, -0.1) is 0 Å². The fraction of sp³-hybridized carbons (Fsp3) is 0.333. The molecule has 0 bridgehead atoms. The standard InChI is InChI=1S/C12H15BrO/c1-2-14-12-9-4-3-7-11(12)8-5-6-10-13/h3-5,7-9H,2,6,10H2,1H3. The van der Waals surface area contributed by atoms with E-state index in [-0.39, 0.29) is 0 Å². The topological polar surface area (TPSA) is 9.23 Å². The fourth-order valence-corrected chi connectivity index (χ4v) is 1.44. The lowest BCUT2D eigenvalue weighted by Crippen LogP contribution is -1.93. The molecule has 14 heavy (non-hydrogen) atoms. The largest absolute Gasteiger partial charge is 0.493 e. The van der Waals surface area contributed by atoms with Crippen molar-refractivity contribution in [3.63, 3.8) is 0 Å². The molecule has 0 amide bonds. The maximum Gasteiger partial charge on any atom is 0.126 e. The lowest BCUT2D eigenvalue weighted by atomic mass is 10.2. The van der Waals surface area contributed by atoms with Gasteiger partial charge < -0.3 is 4.74 Å². The first-order chi connectivity index (χ1) is 6.88.